The molecule has 0 radical (unpaired) electrons. The van der Waals surface area contributed by atoms with Crippen molar-refractivity contribution >= 4 is 0 Å². The van der Waals surface area contributed by atoms with Crippen LogP contribution in [0.4, 0.5) is 0 Å². The van der Waals surface area contributed by atoms with E-state index >= 15 is 0 Å². The van der Waals surface area contributed by atoms with Crippen LogP contribution in [0.3, 0.4) is 0 Å². The Balaban J connectivity index is 2.28. The van der Waals surface area contributed by atoms with E-state index in [1.54, 1.807) is 0 Å². The highest BCUT2D eigenvalue weighted by Crippen LogP contribution is 2.40. The second-order valence-corrected chi connectivity index (χ2v) is 2.66. The second-order valence-electron chi connectivity index (χ2n) is 2.66. The van der Waals surface area contributed by atoms with Crippen LogP contribution in [0.2, 0.25) is 0 Å². The number of nitrogens with zero attached hydrogens (tertiary/aromatic N) is 1. The second kappa shape index (κ2) is 2.09. The largest absolute Gasteiger partial charge is 0.391 e. The maximum Gasteiger partial charge on any atom is 0.129 e. The molecule has 1 aliphatic rings. The van der Waals surface area contributed by atoms with Crippen molar-refractivity contribution in [3.8, 4) is 0 Å². The summed E-state index contributed by atoms with van der Waals surface area (Å²) in [6.07, 6.45) is 3.91. The molecule has 3 heteroatoms. The van der Waals surface area contributed by atoms with Gasteiger partial charge in [-0.25, -0.2) is 0 Å². The van der Waals surface area contributed by atoms with Gasteiger partial charge in [0.25, 0.3) is 0 Å². The molecule has 1 aromatic heterocycles. The Labute approximate surface area is 58.6 Å². The van der Waals surface area contributed by atoms with Gasteiger partial charge in [0.1, 0.15) is 6.26 Å². The zero-order chi connectivity index (χ0) is 6.97. The first-order valence-corrected chi connectivity index (χ1v) is 3.46. The molecule has 10 heavy (non-hydrogen) atoms. The van der Waals surface area contributed by atoms with E-state index in [4.69, 9.17) is 9.63 Å². The molecule has 1 aromatic rings. The lowest BCUT2D eigenvalue weighted by atomic mass is 10.2. The monoisotopic (exact) mass is 139 g/mol. The summed E-state index contributed by atoms with van der Waals surface area (Å²) in [6.45, 7) is 0.0509. The zero-order valence-electron chi connectivity index (χ0n) is 5.58. The molecule has 0 aliphatic heterocycles. The fourth-order valence-electron chi connectivity index (χ4n) is 1.08. The van der Waals surface area contributed by atoms with Crippen LogP contribution in [0.1, 0.15) is 30.0 Å². The van der Waals surface area contributed by atoms with Crippen molar-refractivity contribution in [2.45, 2.75) is 25.4 Å². The minimum absolute atomic E-state index is 0.0509. The summed E-state index contributed by atoms with van der Waals surface area (Å²) in [4.78, 5) is 0. The van der Waals surface area contributed by atoms with Gasteiger partial charge in [-0.3, -0.25) is 0 Å². The molecule has 0 spiro atoms. The molecule has 2 rings (SSSR count). The Morgan fingerprint density at radius 2 is 2.50 bits per heavy atom. The highest BCUT2D eigenvalue weighted by molar-refractivity contribution is 5.21. The molecule has 0 amide bonds. The van der Waals surface area contributed by atoms with Crippen molar-refractivity contribution in [2.24, 2.45) is 0 Å². The Kier molecular flexibility index (Phi) is 1.24. The van der Waals surface area contributed by atoms with Crippen LogP contribution < -0.4 is 0 Å². The average Bonchev–Trinajstić information content (AvgIpc) is 2.69. The molecule has 1 N–H and O–H groups in total. The van der Waals surface area contributed by atoms with Gasteiger partial charge in [0.2, 0.25) is 0 Å². The van der Waals surface area contributed by atoms with Crippen molar-refractivity contribution < 1.29 is 9.63 Å². The van der Waals surface area contributed by atoms with Crippen LogP contribution in [0, 0.1) is 0 Å². The number of aromatic nitrogens is 1. The first kappa shape index (κ1) is 5.92. The summed E-state index contributed by atoms with van der Waals surface area (Å²) in [5.74, 6) is 0.570. The third kappa shape index (κ3) is 0.827. The number of aliphatic hydroxyl groups is 1. The van der Waals surface area contributed by atoms with Gasteiger partial charge in [0.05, 0.1) is 12.3 Å². The minimum Gasteiger partial charge on any atom is -0.391 e. The molecule has 3 nitrogen and oxygen atoms in total. The Morgan fingerprint density at radius 3 is 3.10 bits per heavy atom. The van der Waals surface area contributed by atoms with Gasteiger partial charge in [-0.05, 0) is 12.8 Å². The zero-order valence-corrected chi connectivity index (χ0v) is 5.58. The van der Waals surface area contributed by atoms with E-state index in [0.29, 0.717) is 5.92 Å². The van der Waals surface area contributed by atoms with Gasteiger partial charge in [-0.15, -0.1) is 0 Å². The molecular formula is C7H9NO2. The third-order valence-electron chi connectivity index (χ3n) is 1.81. The van der Waals surface area contributed by atoms with Gasteiger partial charge >= 0.3 is 0 Å². The number of rotatable bonds is 2. The Morgan fingerprint density at radius 1 is 1.70 bits per heavy atom. The van der Waals surface area contributed by atoms with Crippen LogP contribution in [0.25, 0.3) is 0 Å². The van der Waals surface area contributed by atoms with Crippen LogP contribution >= 0.6 is 0 Å². The molecule has 0 unspecified atom stereocenters. The van der Waals surface area contributed by atoms with E-state index in [2.05, 4.69) is 5.16 Å². The van der Waals surface area contributed by atoms with Crippen LogP contribution in [0.15, 0.2) is 10.8 Å². The van der Waals surface area contributed by atoms with Gasteiger partial charge in [-0.1, -0.05) is 5.16 Å². The average molecular weight is 139 g/mol. The molecular weight excluding hydrogens is 130 g/mol. The van der Waals surface area contributed by atoms with E-state index < -0.39 is 0 Å². The lowest BCUT2D eigenvalue weighted by Crippen LogP contribution is -1.87. The van der Waals surface area contributed by atoms with Crippen LogP contribution in [-0.4, -0.2) is 10.3 Å². The summed E-state index contributed by atoms with van der Waals surface area (Å²) in [5.41, 5.74) is 1.81. The molecule has 1 fully saturated rings. The molecule has 0 atom stereocenters. The minimum atomic E-state index is 0.0509. The van der Waals surface area contributed by atoms with Crippen LogP contribution in [-0.2, 0) is 6.61 Å². The summed E-state index contributed by atoms with van der Waals surface area (Å²) in [6, 6.07) is 0. The summed E-state index contributed by atoms with van der Waals surface area (Å²) in [7, 11) is 0. The van der Waals surface area contributed by atoms with Gasteiger partial charge in [0, 0.05) is 11.5 Å². The summed E-state index contributed by atoms with van der Waals surface area (Å²) < 4.78 is 4.73. The SMILES string of the molecule is OCc1conc1C1CC1. The fourth-order valence-corrected chi connectivity index (χ4v) is 1.08. The first-order chi connectivity index (χ1) is 4.92. The smallest absolute Gasteiger partial charge is 0.129 e. The number of aliphatic hydroxyl groups excluding tert-OH is 1. The molecule has 0 saturated heterocycles. The maximum atomic E-state index is 8.78. The Hall–Kier alpha value is -0.830. The van der Waals surface area contributed by atoms with E-state index in [-0.39, 0.29) is 6.61 Å². The highest BCUT2D eigenvalue weighted by atomic mass is 16.5. The van der Waals surface area contributed by atoms with Crippen molar-refractivity contribution in [2.75, 3.05) is 0 Å². The molecule has 0 bridgehead atoms. The van der Waals surface area contributed by atoms with Crippen molar-refractivity contribution in [1.82, 2.24) is 5.16 Å². The molecule has 54 valence electrons. The quantitative estimate of drug-likeness (QED) is 0.666. The van der Waals surface area contributed by atoms with Gasteiger partial charge in [-0.2, -0.15) is 0 Å². The number of hydrogen-bond acceptors (Lipinski definition) is 3. The van der Waals surface area contributed by atoms with E-state index in [0.717, 1.165) is 11.3 Å². The maximum absolute atomic E-state index is 8.78. The Bertz CT molecular complexity index is 227. The first-order valence-electron chi connectivity index (χ1n) is 3.46. The summed E-state index contributed by atoms with van der Waals surface area (Å²) in [5, 5.41) is 12.6. The third-order valence-corrected chi connectivity index (χ3v) is 1.81. The highest BCUT2D eigenvalue weighted by Gasteiger charge is 2.28. The normalized spacial score (nSPS) is 17.7. The standard InChI is InChI=1S/C7H9NO2/c9-3-6-4-10-8-7(6)5-1-2-5/h4-5,9H,1-3H2. The van der Waals surface area contributed by atoms with E-state index in [1.807, 2.05) is 0 Å². The van der Waals surface area contributed by atoms with Gasteiger partial charge < -0.3 is 9.63 Å². The lowest BCUT2D eigenvalue weighted by Gasteiger charge is -1.90. The molecule has 1 saturated carbocycles. The van der Waals surface area contributed by atoms with E-state index in [9.17, 15) is 0 Å². The van der Waals surface area contributed by atoms with Gasteiger partial charge in [0.15, 0.2) is 0 Å². The predicted octanol–water partition coefficient (Wildman–Crippen LogP) is 1.04. The molecule has 0 aromatic carbocycles. The fraction of sp³-hybridized carbons (Fsp3) is 0.571. The summed E-state index contributed by atoms with van der Waals surface area (Å²) >= 11 is 0. The van der Waals surface area contributed by atoms with Crippen molar-refractivity contribution in [3.63, 3.8) is 0 Å². The topological polar surface area (TPSA) is 46.3 Å². The van der Waals surface area contributed by atoms with E-state index in [1.165, 1.54) is 19.1 Å². The predicted molar refractivity (Wildman–Crippen MR) is 34.4 cm³/mol. The molecule has 1 heterocycles. The van der Waals surface area contributed by atoms with Crippen molar-refractivity contribution in [3.05, 3.63) is 17.5 Å². The number of hydrogen-bond donors (Lipinski definition) is 1. The molecule has 1 aliphatic carbocycles. The van der Waals surface area contributed by atoms with Crippen molar-refractivity contribution in [1.29, 1.82) is 0 Å². The van der Waals surface area contributed by atoms with Crippen LogP contribution in [0.5, 0.6) is 0 Å². The lowest BCUT2D eigenvalue weighted by molar-refractivity contribution is 0.279.